The van der Waals surface area contributed by atoms with Crippen LogP contribution in [0.3, 0.4) is 0 Å². The molecule has 106 valence electrons. The number of aliphatic carboxylic acids is 1. The van der Waals surface area contributed by atoms with Crippen molar-refractivity contribution in [2.24, 2.45) is 11.3 Å². The second-order valence-corrected chi connectivity index (χ2v) is 6.93. The van der Waals surface area contributed by atoms with Crippen LogP contribution < -0.4 is 10.0 Å². The maximum atomic E-state index is 11.7. The molecule has 0 rings (SSSR count). The molecule has 8 heteroatoms. The van der Waals surface area contributed by atoms with E-state index in [-0.39, 0.29) is 13.1 Å². The fourth-order valence-corrected chi connectivity index (χ4v) is 1.87. The molecule has 0 aliphatic heterocycles. The third-order valence-corrected chi connectivity index (χ3v) is 2.89. The SMILES string of the molecule is CC(C)(C)C(C(=O)O)C(=O)NCCNS(C)(=O)=O. The van der Waals surface area contributed by atoms with Gasteiger partial charge in [-0.1, -0.05) is 20.8 Å². The van der Waals surface area contributed by atoms with Gasteiger partial charge in [0.1, 0.15) is 5.92 Å². The van der Waals surface area contributed by atoms with Crippen molar-refractivity contribution in [3.8, 4) is 0 Å². The number of rotatable bonds is 6. The van der Waals surface area contributed by atoms with E-state index in [1.54, 1.807) is 20.8 Å². The van der Waals surface area contributed by atoms with Gasteiger partial charge < -0.3 is 10.4 Å². The Morgan fingerprint density at radius 2 is 1.72 bits per heavy atom. The van der Waals surface area contributed by atoms with E-state index in [0.717, 1.165) is 6.26 Å². The second kappa shape index (κ2) is 6.14. The van der Waals surface area contributed by atoms with Gasteiger partial charge in [0, 0.05) is 13.1 Å². The van der Waals surface area contributed by atoms with Crippen LogP contribution in [0.5, 0.6) is 0 Å². The highest BCUT2D eigenvalue weighted by Gasteiger charge is 2.37. The number of amides is 1. The monoisotopic (exact) mass is 280 g/mol. The lowest BCUT2D eigenvalue weighted by atomic mass is 9.80. The molecule has 0 aromatic rings. The van der Waals surface area contributed by atoms with E-state index in [2.05, 4.69) is 10.0 Å². The van der Waals surface area contributed by atoms with Gasteiger partial charge in [0.05, 0.1) is 6.26 Å². The Morgan fingerprint density at radius 1 is 1.22 bits per heavy atom. The molecule has 1 amide bonds. The fourth-order valence-electron chi connectivity index (χ4n) is 1.40. The summed E-state index contributed by atoms with van der Waals surface area (Å²) in [6.07, 6.45) is 1.00. The summed E-state index contributed by atoms with van der Waals surface area (Å²) in [5, 5.41) is 11.4. The molecule has 3 N–H and O–H groups in total. The van der Waals surface area contributed by atoms with E-state index >= 15 is 0 Å². The number of carbonyl (C=O) groups is 2. The van der Waals surface area contributed by atoms with Gasteiger partial charge in [0.15, 0.2) is 0 Å². The van der Waals surface area contributed by atoms with Crippen LogP contribution in [0.4, 0.5) is 0 Å². The standard InChI is InChI=1S/C10H20N2O5S/c1-10(2,3)7(9(14)15)8(13)11-5-6-12-18(4,16)17/h7,12H,5-6H2,1-4H3,(H,11,13)(H,14,15). The summed E-state index contributed by atoms with van der Waals surface area (Å²) in [4.78, 5) is 22.7. The van der Waals surface area contributed by atoms with Gasteiger partial charge in [0.25, 0.3) is 0 Å². The molecular weight excluding hydrogens is 260 g/mol. The van der Waals surface area contributed by atoms with E-state index in [1.807, 2.05) is 0 Å². The summed E-state index contributed by atoms with van der Waals surface area (Å²) < 4.78 is 23.7. The fraction of sp³-hybridized carbons (Fsp3) is 0.800. The first-order chi connectivity index (χ1) is 7.95. The van der Waals surface area contributed by atoms with E-state index in [9.17, 15) is 18.0 Å². The molecule has 0 aliphatic rings. The smallest absolute Gasteiger partial charge is 0.316 e. The molecule has 0 aliphatic carbocycles. The first kappa shape index (κ1) is 16.9. The Bertz CT molecular complexity index is 410. The lowest BCUT2D eigenvalue weighted by molar-refractivity contribution is -0.151. The van der Waals surface area contributed by atoms with Gasteiger partial charge in [-0.25, -0.2) is 13.1 Å². The molecule has 0 saturated carbocycles. The van der Waals surface area contributed by atoms with Gasteiger partial charge in [0.2, 0.25) is 15.9 Å². The topological polar surface area (TPSA) is 113 Å². The lowest BCUT2D eigenvalue weighted by Crippen LogP contribution is -2.44. The average molecular weight is 280 g/mol. The van der Waals surface area contributed by atoms with Crippen molar-refractivity contribution < 1.29 is 23.1 Å². The number of hydrogen-bond donors (Lipinski definition) is 3. The molecule has 0 radical (unpaired) electrons. The van der Waals surface area contributed by atoms with Gasteiger partial charge in [-0.15, -0.1) is 0 Å². The van der Waals surface area contributed by atoms with Crippen molar-refractivity contribution in [2.45, 2.75) is 20.8 Å². The normalized spacial score (nSPS) is 14.0. The van der Waals surface area contributed by atoms with Crippen molar-refractivity contribution in [3.63, 3.8) is 0 Å². The van der Waals surface area contributed by atoms with Crippen molar-refractivity contribution in [2.75, 3.05) is 19.3 Å². The Kier molecular flexibility index (Phi) is 5.75. The maximum Gasteiger partial charge on any atom is 0.316 e. The van der Waals surface area contributed by atoms with Crippen LogP contribution in [0, 0.1) is 11.3 Å². The van der Waals surface area contributed by atoms with Crippen LogP contribution in [0.15, 0.2) is 0 Å². The zero-order valence-electron chi connectivity index (χ0n) is 11.0. The molecule has 0 aromatic heterocycles. The van der Waals surface area contributed by atoms with Gasteiger partial charge in [-0.3, -0.25) is 9.59 Å². The third-order valence-electron chi connectivity index (χ3n) is 2.16. The number of hydrogen-bond acceptors (Lipinski definition) is 4. The van der Waals surface area contributed by atoms with Crippen LogP contribution in [-0.4, -0.2) is 44.7 Å². The average Bonchev–Trinajstić information content (AvgIpc) is 2.07. The van der Waals surface area contributed by atoms with Gasteiger partial charge in [-0.05, 0) is 5.41 Å². The van der Waals surface area contributed by atoms with Crippen LogP contribution in [0.2, 0.25) is 0 Å². The molecule has 1 unspecified atom stereocenters. The third kappa shape index (κ3) is 6.55. The number of carboxylic acids is 1. The Labute approximate surface area is 107 Å². The summed E-state index contributed by atoms with van der Waals surface area (Å²) in [5.74, 6) is -2.99. The van der Waals surface area contributed by atoms with Crippen LogP contribution in [0.1, 0.15) is 20.8 Å². The zero-order valence-corrected chi connectivity index (χ0v) is 11.8. The van der Waals surface area contributed by atoms with Crippen LogP contribution in [0.25, 0.3) is 0 Å². The molecule has 0 fully saturated rings. The molecule has 0 heterocycles. The lowest BCUT2D eigenvalue weighted by Gasteiger charge is -2.25. The maximum absolute atomic E-state index is 11.7. The van der Waals surface area contributed by atoms with Crippen molar-refractivity contribution in [3.05, 3.63) is 0 Å². The number of carbonyl (C=O) groups excluding carboxylic acids is 1. The molecule has 0 bridgehead atoms. The second-order valence-electron chi connectivity index (χ2n) is 5.09. The molecular formula is C10H20N2O5S. The van der Waals surface area contributed by atoms with E-state index in [0.29, 0.717) is 0 Å². The Morgan fingerprint density at radius 3 is 2.06 bits per heavy atom. The quantitative estimate of drug-likeness (QED) is 0.444. The summed E-state index contributed by atoms with van der Waals surface area (Å²) in [7, 11) is -3.30. The van der Waals surface area contributed by atoms with Crippen molar-refractivity contribution >= 4 is 21.9 Å². The minimum Gasteiger partial charge on any atom is -0.481 e. The molecule has 7 nitrogen and oxygen atoms in total. The Balaban J connectivity index is 4.35. The van der Waals surface area contributed by atoms with Crippen LogP contribution >= 0.6 is 0 Å². The molecule has 1 atom stereocenters. The van der Waals surface area contributed by atoms with E-state index in [1.165, 1.54) is 0 Å². The number of nitrogens with one attached hydrogen (secondary N) is 2. The van der Waals surface area contributed by atoms with E-state index < -0.39 is 33.2 Å². The van der Waals surface area contributed by atoms with Crippen LogP contribution in [-0.2, 0) is 19.6 Å². The molecule has 0 aromatic carbocycles. The number of sulfonamides is 1. The Hall–Kier alpha value is -1.15. The summed E-state index contributed by atoms with van der Waals surface area (Å²) in [6.45, 7) is 5.03. The summed E-state index contributed by atoms with van der Waals surface area (Å²) in [5.41, 5.74) is -0.708. The van der Waals surface area contributed by atoms with Crippen molar-refractivity contribution in [1.29, 1.82) is 0 Å². The highest BCUT2D eigenvalue weighted by molar-refractivity contribution is 7.88. The predicted molar refractivity (Wildman–Crippen MR) is 66.4 cm³/mol. The highest BCUT2D eigenvalue weighted by Crippen LogP contribution is 2.26. The van der Waals surface area contributed by atoms with Gasteiger partial charge >= 0.3 is 5.97 Å². The zero-order chi connectivity index (χ0) is 14.6. The first-order valence-electron chi connectivity index (χ1n) is 5.40. The molecule has 0 spiro atoms. The minimum absolute atomic E-state index is 0.0288. The number of carboxylic acid groups (broad SMARTS) is 1. The summed E-state index contributed by atoms with van der Waals surface area (Å²) in [6, 6.07) is 0. The first-order valence-corrected chi connectivity index (χ1v) is 7.29. The molecule has 18 heavy (non-hydrogen) atoms. The van der Waals surface area contributed by atoms with Gasteiger partial charge in [-0.2, -0.15) is 0 Å². The predicted octanol–water partition coefficient (Wildman–Crippen LogP) is -0.601. The highest BCUT2D eigenvalue weighted by atomic mass is 32.2. The largest absolute Gasteiger partial charge is 0.481 e. The minimum atomic E-state index is -3.30. The molecule has 0 saturated heterocycles. The van der Waals surface area contributed by atoms with Crippen molar-refractivity contribution in [1.82, 2.24) is 10.0 Å². The van der Waals surface area contributed by atoms with E-state index in [4.69, 9.17) is 5.11 Å². The summed E-state index contributed by atoms with van der Waals surface area (Å²) >= 11 is 0.